The molecule has 6 heteroatoms. The number of halogens is 5. The summed E-state index contributed by atoms with van der Waals surface area (Å²) >= 11 is 0. The Labute approximate surface area is 186 Å². The SMILES string of the molecule is CCC1CCC2CC(c3ccc(-c4ccc(OCC(F)(F)F)c(F)c4)c(F)c3)CCC2C1. The second-order valence-electron chi connectivity index (χ2n) is 9.41. The van der Waals surface area contributed by atoms with Crippen LogP contribution in [0.1, 0.15) is 63.4 Å². The summed E-state index contributed by atoms with van der Waals surface area (Å²) < 4.78 is 70.5. The monoisotopic (exact) mass is 452 g/mol. The summed E-state index contributed by atoms with van der Waals surface area (Å²) in [5.41, 5.74) is 1.48. The quantitative estimate of drug-likeness (QED) is 0.415. The highest BCUT2D eigenvalue weighted by Crippen LogP contribution is 2.48. The zero-order valence-electron chi connectivity index (χ0n) is 18.2. The van der Waals surface area contributed by atoms with Gasteiger partial charge in [0, 0.05) is 5.56 Å². The summed E-state index contributed by atoms with van der Waals surface area (Å²) in [4.78, 5) is 0. The molecule has 4 atom stereocenters. The van der Waals surface area contributed by atoms with Crippen LogP contribution in [-0.4, -0.2) is 12.8 Å². The van der Waals surface area contributed by atoms with Gasteiger partial charge in [0.05, 0.1) is 0 Å². The van der Waals surface area contributed by atoms with Crippen LogP contribution in [0, 0.1) is 29.4 Å². The number of alkyl halides is 3. The van der Waals surface area contributed by atoms with E-state index < -0.39 is 30.2 Å². The average molecular weight is 453 g/mol. The number of rotatable bonds is 5. The fourth-order valence-corrected chi connectivity index (χ4v) is 5.62. The van der Waals surface area contributed by atoms with Gasteiger partial charge in [-0.25, -0.2) is 8.78 Å². The summed E-state index contributed by atoms with van der Waals surface area (Å²) in [6, 6.07) is 8.61. The van der Waals surface area contributed by atoms with Crippen molar-refractivity contribution >= 4 is 0 Å². The van der Waals surface area contributed by atoms with E-state index in [0.717, 1.165) is 48.3 Å². The molecule has 0 saturated heterocycles. The van der Waals surface area contributed by atoms with Crippen molar-refractivity contribution < 1.29 is 26.7 Å². The van der Waals surface area contributed by atoms with Gasteiger partial charge in [-0.3, -0.25) is 0 Å². The summed E-state index contributed by atoms with van der Waals surface area (Å²) in [6.07, 6.45) is 3.95. The smallest absolute Gasteiger partial charge is 0.422 e. The first-order valence-electron chi connectivity index (χ1n) is 11.5. The number of ether oxygens (including phenoxy) is 1. The Hall–Kier alpha value is -2.11. The van der Waals surface area contributed by atoms with Crippen molar-refractivity contribution in [2.24, 2.45) is 17.8 Å². The predicted molar refractivity (Wildman–Crippen MR) is 115 cm³/mol. The van der Waals surface area contributed by atoms with Crippen LogP contribution >= 0.6 is 0 Å². The third-order valence-electron chi connectivity index (χ3n) is 7.40. The van der Waals surface area contributed by atoms with E-state index >= 15 is 0 Å². The van der Waals surface area contributed by atoms with Crippen LogP contribution in [0.5, 0.6) is 5.75 Å². The first kappa shape index (κ1) is 23.1. The molecule has 1 nitrogen and oxygen atoms in total. The molecule has 32 heavy (non-hydrogen) atoms. The van der Waals surface area contributed by atoms with E-state index in [1.165, 1.54) is 38.2 Å². The van der Waals surface area contributed by atoms with E-state index in [1.54, 1.807) is 12.1 Å². The highest BCUT2D eigenvalue weighted by atomic mass is 19.4. The van der Waals surface area contributed by atoms with Gasteiger partial charge < -0.3 is 4.74 Å². The fourth-order valence-electron chi connectivity index (χ4n) is 5.62. The third kappa shape index (κ3) is 5.26. The Kier molecular flexibility index (Phi) is 6.78. The summed E-state index contributed by atoms with van der Waals surface area (Å²) in [6.45, 7) is 0.699. The molecule has 0 aromatic heterocycles. The molecule has 2 saturated carbocycles. The minimum absolute atomic E-state index is 0.229. The highest BCUT2D eigenvalue weighted by Gasteiger charge is 2.35. The normalized spacial score (nSPS) is 25.9. The molecule has 2 aromatic carbocycles. The molecule has 0 spiro atoms. The Morgan fingerprint density at radius 3 is 2.31 bits per heavy atom. The lowest BCUT2D eigenvalue weighted by atomic mass is 9.63. The topological polar surface area (TPSA) is 9.23 Å². The second-order valence-corrected chi connectivity index (χ2v) is 9.41. The molecule has 4 rings (SSSR count). The van der Waals surface area contributed by atoms with Crippen LogP contribution in [0.2, 0.25) is 0 Å². The van der Waals surface area contributed by atoms with E-state index in [-0.39, 0.29) is 11.1 Å². The van der Waals surface area contributed by atoms with Gasteiger partial charge in [0.25, 0.3) is 0 Å². The molecular weight excluding hydrogens is 423 g/mol. The van der Waals surface area contributed by atoms with Crippen LogP contribution in [0.4, 0.5) is 22.0 Å². The molecule has 4 unspecified atom stereocenters. The molecule has 174 valence electrons. The Bertz CT molecular complexity index is 938. The molecule has 0 amide bonds. The van der Waals surface area contributed by atoms with E-state index in [1.807, 2.05) is 6.07 Å². The van der Waals surface area contributed by atoms with Crippen molar-refractivity contribution in [2.75, 3.05) is 6.61 Å². The van der Waals surface area contributed by atoms with Gasteiger partial charge in [-0.1, -0.05) is 38.0 Å². The van der Waals surface area contributed by atoms with Crippen molar-refractivity contribution in [3.63, 3.8) is 0 Å². The molecule has 2 aliphatic rings. The van der Waals surface area contributed by atoms with Crippen LogP contribution in [-0.2, 0) is 0 Å². The molecule has 0 N–H and O–H groups in total. The van der Waals surface area contributed by atoms with E-state index in [2.05, 4.69) is 11.7 Å². The number of fused-ring (bicyclic) bond motifs is 1. The minimum atomic E-state index is -4.55. The number of hydrogen-bond acceptors (Lipinski definition) is 1. The molecule has 2 fully saturated rings. The van der Waals surface area contributed by atoms with Gasteiger partial charge in [-0.2, -0.15) is 13.2 Å². The summed E-state index contributed by atoms with van der Waals surface area (Å²) in [5, 5.41) is 0. The molecule has 0 radical (unpaired) electrons. The highest BCUT2D eigenvalue weighted by molar-refractivity contribution is 5.65. The molecule has 0 aliphatic heterocycles. The second kappa shape index (κ2) is 9.40. The van der Waals surface area contributed by atoms with E-state index in [4.69, 9.17) is 0 Å². The van der Waals surface area contributed by atoms with Crippen molar-refractivity contribution in [3.05, 3.63) is 53.6 Å². The maximum absolute atomic E-state index is 15.0. The van der Waals surface area contributed by atoms with E-state index in [0.29, 0.717) is 5.92 Å². The van der Waals surface area contributed by atoms with Crippen molar-refractivity contribution in [2.45, 2.75) is 64.0 Å². The molecule has 0 bridgehead atoms. The summed E-state index contributed by atoms with van der Waals surface area (Å²) in [7, 11) is 0. The zero-order valence-corrected chi connectivity index (χ0v) is 18.2. The predicted octanol–water partition coefficient (Wildman–Crippen LogP) is 8.28. The standard InChI is InChI=1S/C26H29F5O/c1-2-16-3-4-18-12-19(6-5-17(18)11-16)20-7-9-22(23(27)13-20)21-8-10-25(24(28)14-21)32-15-26(29,30)31/h7-10,13-14,16-19H,2-6,11-12,15H2,1H3. The minimum Gasteiger partial charge on any atom is -0.481 e. The first-order valence-corrected chi connectivity index (χ1v) is 11.5. The van der Waals surface area contributed by atoms with E-state index in [9.17, 15) is 22.0 Å². The van der Waals surface area contributed by atoms with Crippen molar-refractivity contribution in [3.8, 4) is 16.9 Å². The number of benzene rings is 2. The van der Waals surface area contributed by atoms with Gasteiger partial charge >= 0.3 is 6.18 Å². The van der Waals surface area contributed by atoms with Crippen LogP contribution in [0.3, 0.4) is 0 Å². The fraction of sp³-hybridized carbons (Fsp3) is 0.538. The van der Waals surface area contributed by atoms with Gasteiger partial charge in [0.1, 0.15) is 5.82 Å². The van der Waals surface area contributed by atoms with Crippen molar-refractivity contribution in [1.29, 1.82) is 0 Å². The Morgan fingerprint density at radius 2 is 1.62 bits per heavy atom. The molecule has 0 heterocycles. The van der Waals surface area contributed by atoms with Crippen LogP contribution < -0.4 is 4.74 Å². The molecule has 2 aromatic rings. The van der Waals surface area contributed by atoms with Gasteiger partial charge in [-0.15, -0.1) is 0 Å². The zero-order chi connectivity index (χ0) is 22.9. The van der Waals surface area contributed by atoms with Gasteiger partial charge in [0.2, 0.25) is 0 Å². The first-order chi connectivity index (χ1) is 15.2. The third-order valence-corrected chi connectivity index (χ3v) is 7.40. The Morgan fingerprint density at radius 1 is 0.875 bits per heavy atom. The molecule has 2 aliphatic carbocycles. The lowest BCUT2D eigenvalue weighted by molar-refractivity contribution is -0.153. The average Bonchev–Trinajstić information content (AvgIpc) is 2.76. The van der Waals surface area contributed by atoms with Gasteiger partial charge in [-0.05, 0) is 85.1 Å². The number of hydrogen-bond donors (Lipinski definition) is 0. The van der Waals surface area contributed by atoms with Gasteiger partial charge in [0.15, 0.2) is 18.2 Å². The Balaban J connectivity index is 1.45. The van der Waals surface area contributed by atoms with Crippen LogP contribution in [0.15, 0.2) is 36.4 Å². The maximum atomic E-state index is 15.0. The van der Waals surface area contributed by atoms with Crippen LogP contribution in [0.25, 0.3) is 11.1 Å². The summed E-state index contributed by atoms with van der Waals surface area (Å²) in [5.74, 6) is 0.826. The molecular formula is C26H29F5O. The lowest BCUT2D eigenvalue weighted by Crippen LogP contribution is -2.30. The lowest BCUT2D eigenvalue weighted by Gasteiger charge is -2.42. The largest absolute Gasteiger partial charge is 0.481 e. The maximum Gasteiger partial charge on any atom is 0.422 e. The van der Waals surface area contributed by atoms with Crippen molar-refractivity contribution in [1.82, 2.24) is 0 Å².